The first kappa shape index (κ1) is 11.1. The maximum atomic E-state index is 5.41. The van der Waals surface area contributed by atoms with Gasteiger partial charge in [-0.15, -0.1) is 0 Å². The second-order valence-electron chi connectivity index (χ2n) is 4.44. The lowest BCUT2D eigenvalue weighted by molar-refractivity contribution is 0.370. The minimum atomic E-state index is -1.21. The summed E-state index contributed by atoms with van der Waals surface area (Å²) in [6.45, 7) is 6.90. The Bertz CT molecular complexity index is 309. The molecule has 0 aliphatic heterocycles. The van der Waals surface area contributed by atoms with Crippen molar-refractivity contribution in [1.82, 2.24) is 0 Å². The molecule has 0 heterocycles. The summed E-state index contributed by atoms with van der Waals surface area (Å²) in [6, 6.07) is 10.2. The van der Waals surface area contributed by atoms with Gasteiger partial charge in [-0.1, -0.05) is 55.7 Å². The van der Waals surface area contributed by atoms with Crippen molar-refractivity contribution in [2.45, 2.75) is 19.6 Å². The van der Waals surface area contributed by atoms with Crippen molar-refractivity contribution in [3.8, 4) is 0 Å². The van der Waals surface area contributed by atoms with Crippen LogP contribution in [0.15, 0.2) is 36.0 Å². The Labute approximate surface area is 87.4 Å². The molecule has 0 aliphatic rings. The molecule has 1 rings (SSSR count). The molecule has 0 aliphatic carbocycles. The normalized spacial score (nSPS) is 12.7. The molecule has 0 bridgehead atoms. The molecule has 14 heavy (non-hydrogen) atoms. The largest absolute Gasteiger partial charge is 0.497 e. The van der Waals surface area contributed by atoms with Gasteiger partial charge in [-0.05, 0) is 0 Å². The second kappa shape index (κ2) is 4.47. The number of hydrogen-bond acceptors (Lipinski definition) is 1. The summed E-state index contributed by atoms with van der Waals surface area (Å²) >= 11 is 0. The van der Waals surface area contributed by atoms with Crippen molar-refractivity contribution in [3.63, 3.8) is 0 Å². The molecule has 0 saturated heterocycles. The minimum absolute atomic E-state index is 1.00. The predicted octanol–water partition coefficient (Wildman–Crippen LogP) is 3.55. The van der Waals surface area contributed by atoms with Crippen LogP contribution in [-0.4, -0.2) is 15.2 Å². The first-order valence-electron chi connectivity index (χ1n) is 4.85. The third kappa shape index (κ3) is 3.38. The van der Waals surface area contributed by atoms with Gasteiger partial charge < -0.3 is 4.74 Å². The number of hydrogen-bond donors (Lipinski definition) is 0. The number of methoxy groups -OCH3 is 1. The van der Waals surface area contributed by atoms with Crippen molar-refractivity contribution in [2.75, 3.05) is 7.11 Å². The molecule has 0 fully saturated rings. The highest BCUT2D eigenvalue weighted by Gasteiger charge is 2.12. The van der Waals surface area contributed by atoms with Crippen LogP contribution in [0.1, 0.15) is 5.56 Å². The Balaban J connectivity index is 3.00. The van der Waals surface area contributed by atoms with Crippen LogP contribution in [0.5, 0.6) is 0 Å². The average Bonchev–Trinajstić information content (AvgIpc) is 2.14. The smallest absolute Gasteiger partial charge is 0.118 e. The molecule has 0 unspecified atom stereocenters. The van der Waals surface area contributed by atoms with E-state index < -0.39 is 8.07 Å². The van der Waals surface area contributed by atoms with Gasteiger partial charge in [0.1, 0.15) is 5.76 Å². The number of rotatable bonds is 3. The second-order valence-corrected chi connectivity index (χ2v) is 9.47. The maximum Gasteiger partial charge on any atom is 0.118 e. The van der Waals surface area contributed by atoms with Crippen molar-refractivity contribution in [3.05, 3.63) is 41.6 Å². The molecule has 1 aromatic rings. The summed E-state index contributed by atoms with van der Waals surface area (Å²) in [5.41, 5.74) is 3.44. The zero-order valence-electron chi connectivity index (χ0n) is 9.37. The topological polar surface area (TPSA) is 9.23 Å². The van der Waals surface area contributed by atoms with Gasteiger partial charge in [-0.3, -0.25) is 0 Å². The first-order valence-corrected chi connectivity index (χ1v) is 8.43. The Morgan fingerprint density at radius 3 is 2.14 bits per heavy atom. The quantitative estimate of drug-likeness (QED) is 0.543. The summed E-state index contributed by atoms with van der Waals surface area (Å²) in [7, 11) is 0.524. The SMILES string of the molecule is CO/C(=C/[Si](C)(C)C)c1ccccc1. The van der Waals surface area contributed by atoms with Gasteiger partial charge >= 0.3 is 0 Å². The molecule has 0 spiro atoms. The molecule has 0 radical (unpaired) electrons. The monoisotopic (exact) mass is 206 g/mol. The molecule has 76 valence electrons. The third-order valence-corrected chi connectivity index (χ3v) is 2.97. The van der Waals surface area contributed by atoms with Gasteiger partial charge in [0.25, 0.3) is 0 Å². The van der Waals surface area contributed by atoms with Crippen LogP contribution in [0.4, 0.5) is 0 Å². The van der Waals surface area contributed by atoms with Gasteiger partial charge in [0, 0.05) is 5.56 Å². The lowest BCUT2D eigenvalue weighted by Gasteiger charge is -2.13. The van der Waals surface area contributed by atoms with Crippen LogP contribution < -0.4 is 0 Å². The van der Waals surface area contributed by atoms with Gasteiger partial charge in [0.15, 0.2) is 0 Å². The van der Waals surface area contributed by atoms with E-state index in [0.29, 0.717) is 0 Å². The standard InChI is InChI=1S/C12H18OSi/c1-13-12(10-14(2,3)4)11-8-6-5-7-9-11/h5-10H,1-4H3/b12-10+. The number of ether oxygens (including phenoxy) is 1. The molecule has 2 heteroatoms. The van der Waals surface area contributed by atoms with Crippen LogP contribution in [0.3, 0.4) is 0 Å². The highest BCUT2D eigenvalue weighted by molar-refractivity contribution is 6.81. The fourth-order valence-electron chi connectivity index (χ4n) is 1.26. The summed E-state index contributed by atoms with van der Waals surface area (Å²) in [4.78, 5) is 0. The van der Waals surface area contributed by atoms with E-state index in [1.807, 2.05) is 18.2 Å². The first-order chi connectivity index (χ1) is 6.53. The highest BCUT2D eigenvalue weighted by Crippen LogP contribution is 2.18. The van der Waals surface area contributed by atoms with E-state index >= 15 is 0 Å². The zero-order chi connectivity index (χ0) is 10.6. The summed E-state index contributed by atoms with van der Waals surface area (Å²) in [5.74, 6) is 1.00. The molecule has 1 nitrogen and oxygen atoms in total. The third-order valence-electron chi connectivity index (χ3n) is 1.84. The Morgan fingerprint density at radius 2 is 1.71 bits per heavy atom. The van der Waals surface area contributed by atoms with E-state index in [2.05, 4.69) is 37.5 Å². The van der Waals surface area contributed by atoms with Crippen LogP contribution in [0, 0.1) is 0 Å². The minimum Gasteiger partial charge on any atom is -0.497 e. The van der Waals surface area contributed by atoms with E-state index in [-0.39, 0.29) is 0 Å². The van der Waals surface area contributed by atoms with Gasteiger partial charge in [0.2, 0.25) is 0 Å². The highest BCUT2D eigenvalue weighted by atomic mass is 28.3. The van der Waals surface area contributed by atoms with E-state index in [0.717, 1.165) is 11.3 Å². The maximum absolute atomic E-state index is 5.41. The molecule has 0 N–H and O–H groups in total. The van der Waals surface area contributed by atoms with E-state index in [1.165, 1.54) is 0 Å². The predicted molar refractivity (Wildman–Crippen MR) is 64.8 cm³/mol. The number of benzene rings is 1. The fourth-order valence-corrected chi connectivity index (χ4v) is 2.33. The van der Waals surface area contributed by atoms with E-state index in [1.54, 1.807) is 7.11 Å². The van der Waals surface area contributed by atoms with Crippen molar-refractivity contribution in [2.24, 2.45) is 0 Å². The van der Waals surface area contributed by atoms with Crippen molar-refractivity contribution >= 4 is 13.8 Å². The van der Waals surface area contributed by atoms with Crippen molar-refractivity contribution < 1.29 is 4.74 Å². The fraction of sp³-hybridized carbons (Fsp3) is 0.333. The van der Waals surface area contributed by atoms with Gasteiger partial charge in [-0.2, -0.15) is 0 Å². The zero-order valence-corrected chi connectivity index (χ0v) is 10.4. The van der Waals surface area contributed by atoms with Gasteiger partial charge in [0.05, 0.1) is 15.2 Å². The Kier molecular flexibility index (Phi) is 3.53. The van der Waals surface area contributed by atoms with Gasteiger partial charge in [-0.25, -0.2) is 0 Å². The molecule has 0 atom stereocenters. The summed E-state index contributed by atoms with van der Waals surface area (Å²) in [5, 5.41) is 0. The Morgan fingerprint density at radius 1 is 1.14 bits per heavy atom. The lowest BCUT2D eigenvalue weighted by atomic mass is 10.2. The molecule has 0 saturated carbocycles. The van der Waals surface area contributed by atoms with Crippen molar-refractivity contribution in [1.29, 1.82) is 0 Å². The summed E-state index contributed by atoms with van der Waals surface area (Å²) < 4.78 is 5.41. The molecule has 0 aromatic heterocycles. The average molecular weight is 206 g/mol. The molecular weight excluding hydrogens is 188 g/mol. The van der Waals surface area contributed by atoms with Crippen LogP contribution in [-0.2, 0) is 4.74 Å². The molecule has 0 amide bonds. The molecular formula is C12H18OSi. The summed E-state index contributed by atoms with van der Waals surface area (Å²) in [6.07, 6.45) is 0. The van der Waals surface area contributed by atoms with Crippen LogP contribution >= 0.6 is 0 Å². The Hall–Kier alpha value is -1.02. The lowest BCUT2D eigenvalue weighted by Crippen LogP contribution is -2.17. The van der Waals surface area contributed by atoms with E-state index in [9.17, 15) is 0 Å². The van der Waals surface area contributed by atoms with Crippen LogP contribution in [0.2, 0.25) is 19.6 Å². The molecule has 1 aromatic carbocycles. The van der Waals surface area contributed by atoms with E-state index in [4.69, 9.17) is 4.74 Å². The van der Waals surface area contributed by atoms with Crippen LogP contribution in [0.25, 0.3) is 5.76 Å².